The minimum atomic E-state index is 0.269. The smallest absolute Gasteiger partial charge is 0.0529 e. The van der Waals surface area contributed by atoms with Gasteiger partial charge in [0.15, 0.2) is 0 Å². The van der Waals surface area contributed by atoms with E-state index in [-0.39, 0.29) is 5.41 Å². The van der Waals surface area contributed by atoms with Crippen molar-refractivity contribution in [1.29, 1.82) is 0 Å². The van der Waals surface area contributed by atoms with Gasteiger partial charge in [-0.05, 0) is 25.2 Å². The first-order chi connectivity index (χ1) is 8.57. The van der Waals surface area contributed by atoms with Crippen LogP contribution in [0.2, 0.25) is 0 Å². The van der Waals surface area contributed by atoms with Crippen LogP contribution in [-0.2, 0) is 4.74 Å². The van der Waals surface area contributed by atoms with Crippen LogP contribution >= 0.6 is 0 Å². The second kappa shape index (κ2) is 8.16. The van der Waals surface area contributed by atoms with Crippen molar-refractivity contribution in [3.8, 4) is 0 Å². The second-order valence-corrected chi connectivity index (χ2v) is 6.75. The molecule has 0 aromatic carbocycles. The summed E-state index contributed by atoms with van der Waals surface area (Å²) in [5.74, 6) is 0.761. The number of nitrogens with one attached hydrogen (secondary N) is 1. The van der Waals surface area contributed by atoms with Crippen LogP contribution in [0.25, 0.3) is 0 Å². The van der Waals surface area contributed by atoms with Gasteiger partial charge in [-0.15, -0.1) is 0 Å². The lowest BCUT2D eigenvalue weighted by Crippen LogP contribution is -2.34. The molecule has 2 heteroatoms. The molecule has 1 fully saturated rings. The van der Waals surface area contributed by atoms with E-state index in [0.717, 1.165) is 31.7 Å². The van der Waals surface area contributed by atoms with Crippen LogP contribution in [0.1, 0.15) is 66.2 Å². The Hall–Kier alpha value is -0.0800. The molecule has 0 spiro atoms. The summed E-state index contributed by atoms with van der Waals surface area (Å²) in [7, 11) is 0. The van der Waals surface area contributed by atoms with Gasteiger partial charge in [0.2, 0.25) is 0 Å². The van der Waals surface area contributed by atoms with Crippen molar-refractivity contribution in [2.75, 3.05) is 19.8 Å². The lowest BCUT2D eigenvalue weighted by atomic mass is 9.94. The predicted molar refractivity (Wildman–Crippen MR) is 78.9 cm³/mol. The maximum absolute atomic E-state index is 5.96. The highest BCUT2D eigenvalue weighted by molar-refractivity contribution is 4.84. The molecule has 0 aliphatic heterocycles. The Labute approximate surface area is 114 Å². The third-order valence-electron chi connectivity index (χ3n) is 3.84. The normalized spacial score (nSPS) is 18.0. The topological polar surface area (TPSA) is 21.3 Å². The average Bonchev–Trinajstić information content (AvgIpc) is 3.15. The summed E-state index contributed by atoms with van der Waals surface area (Å²) in [6.45, 7) is 12.1. The predicted octanol–water partition coefficient (Wildman–Crippen LogP) is 4.00. The zero-order chi connectivity index (χ0) is 13.4. The van der Waals surface area contributed by atoms with Gasteiger partial charge in [-0.25, -0.2) is 0 Å². The Kier molecular flexibility index (Phi) is 7.25. The van der Waals surface area contributed by atoms with E-state index in [4.69, 9.17) is 4.74 Å². The molecule has 0 radical (unpaired) electrons. The molecule has 1 N–H and O–H groups in total. The molecule has 1 aliphatic rings. The first kappa shape index (κ1) is 16.0. The summed E-state index contributed by atoms with van der Waals surface area (Å²) in [6.07, 6.45) is 7.95. The van der Waals surface area contributed by atoms with Crippen LogP contribution in [-0.4, -0.2) is 25.8 Å². The molecule has 1 aliphatic carbocycles. The van der Waals surface area contributed by atoms with Crippen LogP contribution < -0.4 is 5.32 Å². The van der Waals surface area contributed by atoms with Gasteiger partial charge in [0.25, 0.3) is 0 Å². The molecule has 0 bridgehead atoms. The van der Waals surface area contributed by atoms with Crippen molar-refractivity contribution in [2.24, 2.45) is 11.3 Å². The number of unbranched alkanes of at least 4 members (excludes halogenated alkanes) is 1. The minimum absolute atomic E-state index is 0.269. The summed E-state index contributed by atoms with van der Waals surface area (Å²) in [5.41, 5.74) is 0.269. The Bertz CT molecular complexity index is 211. The highest BCUT2D eigenvalue weighted by Crippen LogP contribution is 2.22. The van der Waals surface area contributed by atoms with E-state index in [0.29, 0.717) is 0 Å². The second-order valence-electron chi connectivity index (χ2n) is 6.75. The lowest BCUT2D eigenvalue weighted by molar-refractivity contribution is 0.0370. The van der Waals surface area contributed by atoms with Crippen LogP contribution in [0, 0.1) is 11.3 Å². The molecule has 108 valence electrons. The third kappa shape index (κ3) is 7.38. The van der Waals surface area contributed by atoms with E-state index in [1.807, 2.05) is 0 Å². The van der Waals surface area contributed by atoms with Crippen molar-refractivity contribution in [3.63, 3.8) is 0 Å². The van der Waals surface area contributed by atoms with E-state index >= 15 is 0 Å². The quantitative estimate of drug-likeness (QED) is 0.602. The molecular formula is C16H33NO. The molecule has 0 heterocycles. The Morgan fingerprint density at radius 2 is 2.00 bits per heavy atom. The summed E-state index contributed by atoms with van der Waals surface area (Å²) >= 11 is 0. The van der Waals surface area contributed by atoms with Crippen molar-refractivity contribution >= 4 is 0 Å². The van der Waals surface area contributed by atoms with Crippen LogP contribution in [0.5, 0.6) is 0 Å². The molecule has 1 unspecified atom stereocenters. The van der Waals surface area contributed by atoms with Gasteiger partial charge in [0.05, 0.1) is 6.61 Å². The Morgan fingerprint density at radius 1 is 1.28 bits per heavy atom. The highest BCUT2D eigenvalue weighted by Gasteiger charge is 2.25. The number of hydrogen-bond donors (Lipinski definition) is 1. The van der Waals surface area contributed by atoms with Gasteiger partial charge in [0.1, 0.15) is 0 Å². The minimum Gasteiger partial charge on any atom is -0.381 e. The average molecular weight is 255 g/mol. The van der Waals surface area contributed by atoms with Gasteiger partial charge in [-0.1, -0.05) is 47.0 Å². The molecule has 1 saturated carbocycles. The summed E-state index contributed by atoms with van der Waals surface area (Å²) in [5, 5.41) is 3.60. The van der Waals surface area contributed by atoms with E-state index in [1.165, 1.54) is 38.5 Å². The van der Waals surface area contributed by atoms with E-state index in [1.54, 1.807) is 0 Å². The highest BCUT2D eigenvalue weighted by atomic mass is 16.5. The lowest BCUT2D eigenvalue weighted by Gasteiger charge is -2.26. The fourth-order valence-corrected chi connectivity index (χ4v) is 2.16. The maximum Gasteiger partial charge on any atom is 0.0529 e. The molecule has 0 amide bonds. The summed E-state index contributed by atoms with van der Waals surface area (Å²) in [4.78, 5) is 0. The molecule has 0 saturated heterocycles. The van der Waals surface area contributed by atoms with Gasteiger partial charge in [-0.3, -0.25) is 0 Å². The van der Waals surface area contributed by atoms with Crippen LogP contribution in [0.15, 0.2) is 0 Å². The largest absolute Gasteiger partial charge is 0.381 e. The number of ether oxygens (including phenoxy) is 1. The molecule has 0 aromatic heterocycles. The molecule has 1 atom stereocenters. The van der Waals surface area contributed by atoms with Crippen LogP contribution in [0.3, 0.4) is 0 Å². The zero-order valence-electron chi connectivity index (χ0n) is 12.9. The fraction of sp³-hybridized carbons (Fsp3) is 1.00. The van der Waals surface area contributed by atoms with Gasteiger partial charge < -0.3 is 10.1 Å². The zero-order valence-corrected chi connectivity index (χ0v) is 12.9. The van der Waals surface area contributed by atoms with Crippen molar-refractivity contribution in [2.45, 2.75) is 72.3 Å². The molecule has 18 heavy (non-hydrogen) atoms. The summed E-state index contributed by atoms with van der Waals surface area (Å²) in [6, 6.07) is 0.803. The van der Waals surface area contributed by atoms with Crippen molar-refractivity contribution < 1.29 is 4.74 Å². The Morgan fingerprint density at radius 3 is 2.56 bits per heavy atom. The molecular weight excluding hydrogens is 222 g/mol. The Balaban J connectivity index is 2.08. The summed E-state index contributed by atoms with van der Waals surface area (Å²) < 4.78 is 5.96. The number of rotatable bonds is 11. The molecule has 1 rings (SSSR count). The SMILES string of the molecule is CCCCC(CC)COCC(C)(C)CNC1CC1. The van der Waals surface area contributed by atoms with E-state index in [9.17, 15) is 0 Å². The van der Waals surface area contributed by atoms with E-state index < -0.39 is 0 Å². The van der Waals surface area contributed by atoms with Crippen LogP contribution in [0.4, 0.5) is 0 Å². The van der Waals surface area contributed by atoms with Gasteiger partial charge in [-0.2, -0.15) is 0 Å². The first-order valence-corrected chi connectivity index (χ1v) is 7.88. The first-order valence-electron chi connectivity index (χ1n) is 7.88. The van der Waals surface area contributed by atoms with E-state index in [2.05, 4.69) is 33.0 Å². The monoisotopic (exact) mass is 255 g/mol. The fourth-order valence-electron chi connectivity index (χ4n) is 2.16. The van der Waals surface area contributed by atoms with Gasteiger partial charge >= 0.3 is 0 Å². The third-order valence-corrected chi connectivity index (χ3v) is 3.84. The molecule has 0 aromatic rings. The number of hydrogen-bond acceptors (Lipinski definition) is 2. The van der Waals surface area contributed by atoms with Crippen molar-refractivity contribution in [3.05, 3.63) is 0 Å². The standard InChI is InChI=1S/C16H33NO/c1-5-7-8-14(6-2)11-18-13-16(3,4)12-17-15-9-10-15/h14-15,17H,5-13H2,1-4H3. The molecule has 2 nitrogen and oxygen atoms in total. The van der Waals surface area contributed by atoms with Crippen molar-refractivity contribution in [1.82, 2.24) is 5.32 Å². The maximum atomic E-state index is 5.96. The van der Waals surface area contributed by atoms with Gasteiger partial charge in [0, 0.05) is 24.6 Å².